The maximum Gasteiger partial charge on any atom is 0.328 e. The standard InChI is InChI=1S/C14H21NO2/c1-9(2)12(14(16)17-5)15-13-10(3)7-6-8-11(13)4/h6-9,12,15H,1-5H3. The van der Waals surface area contributed by atoms with Gasteiger partial charge in [0, 0.05) is 5.69 Å². The van der Waals surface area contributed by atoms with Gasteiger partial charge < -0.3 is 10.1 Å². The number of methoxy groups -OCH3 is 1. The van der Waals surface area contributed by atoms with E-state index >= 15 is 0 Å². The Morgan fingerprint density at radius 2 is 1.76 bits per heavy atom. The van der Waals surface area contributed by atoms with Crippen LogP contribution in [-0.4, -0.2) is 19.1 Å². The molecule has 0 aliphatic carbocycles. The van der Waals surface area contributed by atoms with Crippen LogP contribution >= 0.6 is 0 Å². The molecule has 0 aliphatic heterocycles. The Hall–Kier alpha value is -1.51. The predicted molar refractivity (Wildman–Crippen MR) is 70.2 cm³/mol. The molecule has 0 heterocycles. The highest BCUT2D eigenvalue weighted by atomic mass is 16.5. The maximum absolute atomic E-state index is 11.7. The van der Waals surface area contributed by atoms with Crippen LogP contribution in [0.4, 0.5) is 5.69 Å². The molecule has 1 atom stereocenters. The van der Waals surface area contributed by atoms with Gasteiger partial charge in [-0.2, -0.15) is 0 Å². The van der Waals surface area contributed by atoms with Crippen LogP contribution in [0.3, 0.4) is 0 Å². The van der Waals surface area contributed by atoms with Crippen LogP contribution in [0.1, 0.15) is 25.0 Å². The molecule has 0 aromatic heterocycles. The summed E-state index contributed by atoms with van der Waals surface area (Å²) in [5, 5.41) is 3.29. The zero-order valence-corrected chi connectivity index (χ0v) is 11.2. The van der Waals surface area contributed by atoms with Gasteiger partial charge in [0.25, 0.3) is 0 Å². The van der Waals surface area contributed by atoms with Crippen LogP contribution < -0.4 is 5.32 Å². The fraction of sp³-hybridized carbons (Fsp3) is 0.500. The third-order valence-corrected chi connectivity index (χ3v) is 2.90. The first-order valence-corrected chi connectivity index (χ1v) is 5.88. The van der Waals surface area contributed by atoms with Gasteiger partial charge in [0.1, 0.15) is 6.04 Å². The molecular formula is C14H21NO2. The molecule has 1 N–H and O–H groups in total. The summed E-state index contributed by atoms with van der Waals surface area (Å²) in [5.41, 5.74) is 3.30. The van der Waals surface area contributed by atoms with Crippen molar-refractivity contribution in [1.29, 1.82) is 0 Å². The number of nitrogens with one attached hydrogen (secondary N) is 1. The van der Waals surface area contributed by atoms with Crippen molar-refractivity contribution in [2.75, 3.05) is 12.4 Å². The van der Waals surface area contributed by atoms with Crippen LogP contribution in [0, 0.1) is 19.8 Å². The zero-order valence-electron chi connectivity index (χ0n) is 11.2. The number of benzene rings is 1. The Balaban J connectivity index is 2.98. The summed E-state index contributed by atoms with van der Waals surface area (Å²) >= 11 is 0. The summed E-state index contributed by atoms with van der Waals surface area (Å²) in [7, 11) is 1.42. The normalized spacial score (nSPS) is 12.4. The Morgan fingerprint density at radius 1 is 1.24 bits per heavy atom. The minimum atomic E-state index is -0.306. The lowest BCUT2D eigenvalue weighted by molar-refractivity contribution is -0.142. The van der Waals surface area contributed by atoms with Crippen molar-refractivity contribution in [3.05, 3.63) is 29.3 Å². The van der Waals surface area contributed by atoms with Crippen LogP contribution in [0.5, 0.6) is 0 Å². The van der Waals surface area contributed by atoms with E-state index in [4.69, 9.17) is 4.74 Å². The number of hydrogen-bond acceptors (Lipinski definition) is 3. The summed E-state index contributed by atoms with van der Waals surface area (Å²) in [6.07, 6.45) is 0. The molecule has 1 rings (SSSR count). The number of ether oxygens (including phenoxy) is 1. The van der Waals surface area contributed by atoms with Gasteiger partial charge >= 0.3 is 5.97 Å². The molecule has 3 heteroatoms. The number of hydrogen-bond donors (Lipinski definition) is 1. The van der Waals surface area contributed by atoms with Gasteiger partial charge in [0.05, 0.1) is 7.11 Å². The lowest BCUT2D eigenvalue weighted by Gasteiger charge is -2.23. The highest BCUT2D eigenvalue weighted by Gasteiger charge is 2.23. The first-order chi connectivity index (χ1) is 7.97. The molecule has 0 radical (unpaired) electrons. The summed E-state index contributed by atoms with van der Waals surface area (Å²) in [6.45, 7) is 8.07. The molecule has 0 saturated carbocycles. The smallest absolute Gasteiger partial charge is 0.328 e. The molecule has 1 aromatic carbocycles. The summed E-state index contributed by atoms with van der Waals surface area (Å²) in [4.78, 5) is 11.7. The Kier molecular flexibility index (Phi) is 4.55. The molecule has 0 spiro atoms. The molecule has 3 nitrogen and oxygen atoms in total. The minimum Gasteiger partial charge on any atom is -0.467 e. The molecular weight excluding hydrogens is 214 g/mol. The second-order valence-corrected chi connectivity index (χ2v) is 4.66. The first-order valence-electron chi connectivity index (χ1n) is 5.88. The maximum atomic E-state index is 11.7. The summed E-state index contributed by atoms with van der Waals surface area (Å²) in [6, 6.07) is 5.77. The highest BCUT2D eigenvalue weighted by Crippen LogP contribution is 2.22. The van der Waals surface area contributed by atoms with E-state index in [0.29, 0.717) is 0 Å². The lowest BCUT2D eigenvalue weighted by atomic mass is 10.0. The van der Waals surface area contributed by atoms with Crippen molar-refractivity contribution in [2.45, 2.75) is 33.7 Å². The monoisotopic (exact) mass is 235 g/mol. The summed E-state index contributed by atoms with van der Waals surface area (Å²) < 4.78 is 4.82. The van der Waals surface area contributed by atoms with E-state index in [1.165, 1.54) is 7.11 Å². The molecule has 0 aliphatic rings. The number of esters is 1. The fourth-order valence-electron chi connectivity index (χ4n) is 1.82. The Morgan fingerprint density at radius 3 is 2.18 bits per heavy atom. The molecule has 1 aromatic rings. The van der Waals surface area contributed by atoms with E-state index < -0.39 is 0 Å². The van der Waals surface area contributed by atoms with Crippen molar-refractivity contribution < 1.29 is 9.53 Å². The van der Waals surface area contributed by atoms with Crippen LogP contribution in [0.15, 0.2) is 18.2 Å². The first kappa shape index (κ1) is 13.6. The average molecular weight is 235 g/mol. The van der Waals surface area contributed by atoms with Gasteiger partial charge in [0.15, 0.2) is 0 Å². The average Bonchev–Trinajstić information content (AvgIpc) is 2.27. The van der Waals surface area contributed by atoms with E-state index in [0.717, 1.165) is 16.8 Å². The molecule has 0 bridgehead atoms. The SMILES string of the molecule is COC(=O)C(Nc1c(C)cccc1C)C(C)C. The molecule has 94 valence electrons. The Labute approximate surface area is 103 Å². The fourth-order valence-corrected chi connectivity index (χ4v) is 1.82. The van der Waals surface area contributed by atoms with Crippen LogP contribution in [0.25, 0.3) is 0 Å². The second kappa shape index (κ2) is 5.71. The minimum absolute atomic E-state index is 0.182. The van der Waals surface area contributed by atoms with Gasteiger partial charge in [-0.25, -0.2) is 4.79 Å². The number of para-hydroxylation sites is 1. The second-order valence-electron chi connectivity index (χ2n) is 4.66. The quantitative estimate of drug-likeness (QED) is 0.815. The van der Waals surface area contributed by atoms with Crippen molar-refractivity contribution >= 4 is 11.7 Å². The number of aryl methyl sites for hydroxylation is 2. The third-order valence-electron chi connectivity index (χ3n) is 2.90. The molecule has 1 unspecified atom stereocenters. The molecule has 0 saturated heterocycles. The van der Waals surface area contributed by atoms with E-state index in [1.807, 2.05) is 45.9 Å². The lowest BCUT2D eigenvalue weighted by Crippen LogP contribution is -2.35. The largest absolute Gasteiger partial charge is 0.467 e. The molecule has 0 amide bonds. The third kappa shape index (κ3) is 3.22. The molecule has 17 heavy (non-hydrogen) atoms. The van der Waals surface area contributed by atoms with Crippen LogP contribution in [0.2, 0.25) is 0 Å². The van der Waals surface area contributed by atoms with Gasteiger partial charge in [-0.15, -0.1) is 0 Å². The van der Waals surface area contributed by atoms with Gasteiger partial charge in [-0.3, -0.25) is 0 Å². The number of carbonyl (C=O) groups is 1. The van der Waals surface area contributed by atoms with Crippen molar-refractivity contribution in [3.63, 3.8) is 0 Å². The van der Waals surface area contributed by atoms with Crippen molar-refractivity contribution in [3.8, 4) is 0 Å². The predicted octanol–water partition coefficient (Wildman–Crippen LogP) is 2.91. The number of carbonyl (C=O) groups excluding carboxylic acids is 1. The summed E-state index contributed by atoms with van der Waals surface area (Å²) in [5.74, 6) is -0.0379. The number of anilines is 1. The van der Waals surface area contributed by atoms with E-state index in [2.05, 4.69) is 5.32 Å². The van der Waals surface area contributed by atoms with Crippen LogP contribution in [-0.2, 0) is 9.53 Å². The zero-order chi connectivity index (χ0) is 13.0. The van der Waals surface area contributed by atoms with Crippen molar-refractivity contribution in [1.82, 2.24) is 0 Å². The van der Waals surface area contributed by atoms with Gasteiger partial charge in [-0.05, 0) is 30.9 Å². The highest BCUT2D eigenvalue weighted by molar-refractivity contribution is 5.80. The van der Waals surface area contributed by atoms with E-state index in [1.54, 1.807) is 0 Å². The van der Waals surface area contributed by atoms with Gasteiger partial charge in [0.2, 0.25) is 0 Å². The van der Waals surface area contributed by atoms with E-state index in [9.17, 15) is 4.79 Å². The van der Waals surface area contributed by atoms with Crippen molar-refractivity contribution in [2.24, 2.45) is 5.92 Å². The Bertz CT molecular complexity index is 379. The van der Waals surface area contributed by atoms with E-state index in [-0.39, 0.29) is 17.9 Å². The van der Waals surface area contributed by atoms with Gasteiger partial charge in [-0.1, -0.05) is 32.0 Å². The molecule has 0 fully saturated rings. The topological polar surface area (TPSA) is 38.3 Å². The number of rotatable bonds is 4.